The molecule has 0 saturated heterocycles. The van der Waals surface area contributed by atoms with Gasteiger partial charge in [0.15, 0.2) is 6.61 Å². The second-order valence-electron chi connectivity index (χ2n) is 5.65. The molecule has 0 saturated carbocycles. The van der Waals surface area contributed by atoms with Crippen molar-refractivity contribution in [1.29, 1.82) is 0 Å². The van der Waals surface area contributed by atoms with Crippen molar-refractivity contribution >= 4 is 21.9 Å². The lowest BCUT2D eigenvalue weighted by molar-refractivity contribution is -0.124. The third-order valence-corrected chi connectivity index (χ3v) is 5.16. The standard InChI is InChI=1S/C16H24N2O5S/c1-5-6-12(2)17-15(19)11-23-16(20)13-7-9-14(10-8-13)24(21,22)18(3)4/h7-10,12H,5-6,11H2,1-4H3,(H,17,19). The summed E-state index contributed by atoms with van der Waals surface area (Å²) < 4.78 is 29.9. The second kappa shape index (κ2) is 8.79. The monoisotopic (exact) mass is 356 g/mol. The van der Waals surface area contributed by atoms with Crippen molar-refractivity contribution < 1.29 is 22.7 Å². The predicted molar refractivity (Wildman–Crippen MR) is 90.1 cm³/mol. The van der Waals surface area contributed by atoms with Crippen molar-refractivity contribution in [2.45, 2.75) is 37.6 Å². The van der Waals surface area contributed by atoms with Gasteiger partial charge < -0.3 is 10.1 Å². The van der Waals surface area contributed by atoms with Crippen LogP contribution in [-0.4, -0.2) is 51.3 Å². The molecule has 1 N–H and O–H groups in total. The van der Waals surface area contributed by atoms with E-state index in [1.165, 1.54) is 38.4 Å². The number of nitrogens with one attached hydrogen (secondary N) is 1. The molecule has 8 heteroatoms. The molecule has 24 heavy (non-hydrogen) atoms. The predicted octanol–water partition coefficient (Wildman–Crippen LogP) is 1.40. The SMILES string of the molecule is CCCC(C)NC(=O)COC(=O)c1ccc(S(=O)(=O)N(C)C)cc1. The molecule has 1 unspecified atom stereocenters. The maximum absolute atomic E-state index is 11.9. The molecular formula is C16H24N2O5S. The van der Waals surface area contributed by atoms with Crippen molar-refractivity contribution in [2.75, 3.05) is 20.7 Å². The summed E-state index contributed by atoms with van der Waals surface area (Å²) in [6.45, 7) is 3.53. The normalized spacial score (nSPS) is 12.7. The summed E-state index contributed by atoms with van der Waals surface area (Å²) in [5.41, 5.74) is 0.183. The van der Waals surface area contributed by atoms with E-state index in [0.29, 0.717) is 0 Å². The Balaban J connectivity index is 2.62. The van der Waals surface area contributed by atoms with Crippen molar-refractivity contribution in [3.8, 4) is 0 Å². The molecule has 0 aliphatic heterocycles. The average Bonchev–Trinajstić information content (AvgIpc) is 2.52. The molecule has 0 aliphatic rings. The van der Waals surface area contributed by atoms with Gasteiger partial charge >= 0.3 is 5.97 Å². The van der Waals surface area contributed by atoms with Crippen molar-refractivity contribution in [1.82, 2.24) is 9.62 Å². The molecule has 1 aromatic carbocycles. The fourth-order valence-corrected chi connectivity index (χ4v) is 2.91. The summed E-state index contributed by atoms with van der Waals surface area (Å²) in [4.78, 5) is 23.6. The van der Waals surface area contributed by atoms with E-state index in [2.05, 4.69) is 5.32 Å². The van der Waals surface area contributed by atoms with E-state index >= 15 is 0 Å². The molecule has 0 fully saturated rings. The lowest BCUT2D eigenvalue weighted by atomic mass is 10.2. The highest BCUT2D eigenvalue weighted by Crippen LogP contribution is 2.14. The smallest absolute Gasteiger partial charge is 0.338 e. The summed E-state index contributed by atoms with van der Waals surface area (Å²) in [6, 6.07) is 5.40. The van der Waals surface area contributed by atoms with E-state index in [1.54, 1.807) is 0 Å². The summed E-state index contributed by atoms with van der Waals surface area (Å²) >= 11 is 0. The van der Waals surface area contributed by atoms with Crippen LogP contribution in [0.25, 0.3) is 0 Å². The van der Waals surface area contributed by atoms with Gasteiger partial charge in [-0.1, -0.05) is 13.3 Å². The first-order valence-electron chi connectivity index (χ1n) is 7.67. The van der Waals surface area contributed by atoms with E-state index in [9.17, 15) is 18.0 Å². The van der Waals surface area contributed by atoms with E-state index < -0.39 is 16.0 Å². The number of hydrogen-bond donors (Lipinski definition) is 1. The Morgan fingerprint density at radius 1 is 1.21 bits per heavy atom. The van der Waals surface area contributed by atoms with Gasteiger partial charge in [-0.25, -0.2) is 17.5 Å². The van der Waals surface area contributed by atoms with E-state index in [0.717, 1.165) is 17.1 Å². The molecule has 0 aromatic heterocycles. The van der Waals surface area contributed by atoms with Crippen LogP contribution in [0.4, 0.5) is 0 Å². The number of esters is 1. The van der Waals surface area contributed by atoms with Crippen LogP contribution < -0.4 is 5.32 Å². The fourth-order valence-electron chi connectivity index (χ4n) is 2.01. The number of carbonyl (C=O) groups is 2. The van der Waals surface area contributed by atoms with Crippen LogP contribution in [0.3, 0.4) is 0 Å². The van der Waals surface area contributed by atoms with Gasteiger partial charge in [0.2, 0.25) is 10.0 Å². The molecule has 1 atom stereocenters. The largest absolute Gasteiger partial charge is 0.452 e. The summed E-state index contributed by atoms with van der Waals surface area (Å²) in [7, 11) is -0.694. The molecule has 0 radical (unpaired) electrons. The average molecular weight is 356 g/mol. The topological polar surface area (TPSA) is 92.8 Å². The summed E-state index contributed by atoms with van der Waals surface area (Å²) in [5.74, 6) is -1.04. The van der Waals surface area contributed by atoms with Gasteiger partial charge in [0, 0.05) is 20.1 Å². The third kappa shape index (κ3) is 5.61. The molecule has 134 valence electrons. The number of sulfonamides is 1. The number of hydrogen-bond acceptors (Lipinski definition) is 5. The Hall–Kier alpha value is -1.93. The number of carbonyl (C=O) groups excluding carboxylic acids is 2. The van der Waals surface area contributed by atoms with Crippen LogP contribution in [0.15, 0.2) is 29.2 Å². The molecule has 1 amide bonds. The van der Waals surface area contributed by atoms with Crippen LogP contribution in [0.2, 0.25) is 0 Å². The molecule has 1 aromatic rings. The number of nitrogens with zero attached hydrogens (tertiary/aromatic N) is 1. The van der Waals surface area contributed by atoms with Crippen LogP contribution in [-0.2, 0) is 19.6 Å². The highest BCUT2D eigenvalue weighted by molar-refractivity contribution is 7.89. The molecule has 7 nitrogen and oxygen atoms in total. The minimum Gasteiger partial charge on any atom is -0.452 e. The summed E-state index contributed by atoms with van der Waals surface area (Å²) in [6.07, 6.45) is 1.80. The van der Waals surface area contributed by atoms with Gasteiger partial charge in [-0.2, -0.15) is 0 Å². The van der Waals surface area contributed by atoms with Gasteiger partial charge in [0.25, 0.3) is 5.91 Å². The van der Waals surface area contributed by atoms with E-state index in [-0.39, 0.29) is 29.0 Å². The zero-order valence-electron chi connectivity index (χ0n) is 14.4. The third-order valence-electron chi connectivity index (χ3n) is 3.33. The second-order valence-corrected chi connectivity index (χ2v) is 7.80. The highest BCUT2D eigenvalue weighted by Gasteiger charge is 2.18. The van der Waals surface area contributed by atoms with Gasteiger partial charge in [0.05, 0.1) is 10.5 Å². The van der Waals surface area contributed by atoms with Gasteiger partial charge in [-0.05, 0) is 37.6 Å². The lowest BCUT2D eigenvalue weighted by Crippen LogP contribution is -2.35. The lowest BCUT2D eigenvalue weighted by Gasteiger charge is -2.13. The van der Waals surface area contributed by atoms with Gasteiger partial charge in [0.1, 0.15) is 0 Å². The first-order valence-corrected chi connectivity index (χ1v) is 9.11. The Labute approximate surface area is 143 Å². The Morgan fingerprint density at radius 3 is 2.29 bits per heavy atom. The molecule has 1 rings (SSSR count). The first kappa shape index (κ1) is 20.1. The first-order chi connectivity index (χ1) is 11.2. The maximum atomic E-state index is 11.9. The highest BCUT2D eigenvalue weighted by atomic mass is 32.2. The number of ether oxygens (including phenoxy) is 1. The zero-order chi connectivity index (χ0) is 18.3. The Morgan fingerprint density at radius 2 is 1.79 bits per heavy atom. The number of rotatable bonds is 8. The molecule has 0 bridgehead atoms. The zero-order valence-corrected chi connectivity index (χ0v) is 15.2. The number of amides is 1. The maximum Gasteiger partial charge on any atom is 0.338 e. The summed E-state index contributed by atoms with van der Waals surface area (Å²) in [5, 5.41) is 2.73. The molecule has 0 aliphatic carbocycles. The molecule has 0 spiro atoms. The van der Waals surface area contributed by atoms with Gasteiger partial charge in [-0.15, -0.1) is 0 Å². The van der Waals surface area contributed by atoms with Crippen LogP contribution in [0.5, 0.6) is 0 Å². The fraction of sp³-hybridized carbons (Fsp3) is 0.500. The minimum atomic E-state index is -3.55. The van der Waals surface area contributed by atoms with Crippen LogP contribution in [0.1, 0.15) is 37.0 Å². The van der Waals surface area contributed by atoms with Crippen molar-refractivity contribution in [3.05, 3.63) is 29.8 Å². The minimum absolute atomic E-state index is 0.0247. The van der Waals surface area contributed by atoms with Gasteiger partial charge in [-0.3, -0.25) is 4.79 Å². The van der Waals surface area contributed by atoms with Crippen molar-refractivity contribution in [3.63, 3.8) is 0 Å². The number of benzene rings is 1. The molecule has 0 heterocycles. The quantitative estimate of drug-likeness (QED) is 0.711. The van der Waals surface area contributed by atoms with E-state index in [4.69, 9.17) is 4.74 Å². The van der Waals surface area contributed by atoms with Crippen molar-refractivity contribution in [2.24, 2.45) is 0 Å². The Kier molecular flexibility index (Phi) is 7.37. The Bertz CT molecular complexity index is 668. The van der Waals surface area contributed by atoms with Crippen LogP contribution in [0, 0.1) is 0 Å². The molecular weight excluding hydrogens is 332 g/mol. The van der Waals surface area contributed by atoms with E-state index in [1.807, 2.05) is 13.8 Å². The van der Waals surface area contributed by atoms with Crippen LogP contribution >= 0.6 is 0 Å².